The zero-order valence-corrected chi connectivity index (χ0v) is 14.0. The Morgan fingerprint density at radius 3 is 2.96 bits per heavy atom. The van der Waals surface area contributed by atoms with Crippen molar-refractivity contribution in [2.24, 2.45) is 0 Å². The molecule has 1 aromatic heterocycles. The predicted octanol–water partition coefficient (Wildman–Crippen LogP) is 2.10. The molecule has 1 fully saturated rings. The molecule has 24 heavy (non-hydrogen) atoms. The summed E-state index contributed by atoms with van der Waals surface area (Å²) in [5, 5.41) is 11.7. The molecule has 0 saturated carbocycles. The summed E-state index contributed by atoms with van der Waals surface area (Å²) < 4.78 is 1.87. The third-order valence-electron chi connectivity index (χ3n) is 5.01. The van der Waals surface area contributed by atoms with Gasteiger partial charge in [0.1, 0.15) is 0 Å². The number of carbonyl (C=O) groups is 1. The van der Waals surface area contributed by atoms with E-state index in [-0.39, 0.29) is 5.91 Å². The maximum absolute atomic E-state index is 12.9. The van der Waals surface area contributed by atoms with Gasteiger partial charge in [0.05, 0.1) is 12.2 Å². The SMILES string of the molecule is Cc1ccc2c(c1)CCCN2C(=O)c1cn(C2CCNCC2)nn1. The predicted molar refractivity (Wildman–Crippen MR) is 92.3 cm³/mol. The summed E-state index contributed by atoms with van der Waals surface area (Å²) in [4.78, 5) is 14.8. The second-order valence-corrected chi connectivity index (χ2v) is 6.76. The number of aromatic nitrogens is 3. The summed E-state index contributed by atoms with van der Waals surface area (Å²) in [5.74, 6) is -0.0417. The highest BCUT2D eigenvalue weighted by Crippen LogP contribution is 2.29. The van der Waals surface area contributed by atoms with Crippen LogP contribution in [-0.4, -0.2) is 40.5 Å². The Balaban J connectivity index is 1.57. The van der Waals surface area contributed by atoms with E-state index in [0.717, 1.165) is 51.0 Å². The fourth-order valence-electron chi connectivity index (χ4n) is 3.70. The van der Waals surface area contributed by atoms with Gasteiger partial charge in [0.2, 0.25) is 0 Å². The van der Waals surface area contributed by atoms with Crippen LogP contribution in [0.15, 0.2) is 24.4 Å². The number of benzene rings is 1. The zero-order chi connectivity index (χ0) is 16.5. The minimum atomic E-state index is -0.0417. The molecule has 0 radical (unpaired) electrons. The van der Waals surface area contributed by atoms with E-state index in [2.05, 4.69) is 40.8 Å². The summed E-state index contributed by atoms with van der Waals surface area (Å²) in [6.07, 6.45) is 5.90. The van der Waals surface area contributed by atoms with Gasteiger partial charge in [-0.3, -0.25) is 4.79 Å². The van der Waals surface area contributed by atoms with Crippen LogP contribution in [0.25, 0.3) is 0 Å². The first kappa shape index (κ1) is 15.3. The van der Waals surface area contributed by atoms with E-state index in [1.165, 1.54) is 11.1 Å². The number of hydrogen-bond donors (Lipinski definition) is 1. The number of rotatable bonds is 2. The first-order valence-electron chi connectivity index (χ1n) is 8.76. The van der Waals surface area contributed by atoms with Crippen molar-refractivity contribution in [2.45, 2.75) is 38.6 Å². The van der Waals surface area contributed by atoms with Gasteiger partial charge < -0.3 is 10.2 Å². The molecule has 3 heterocycles. The molecule has 1 N–H and O–H groups in total. The highest BCUT2D eigenvalue weighted by molar-refractivity contribution is 6.05. The van der Waals surface area contributed by atoms with Gasteiger partial charge in [-0.2, -0.15) is 0 Å². The maximum Gasteiger partial charge on any atom is 0.280 e. The average Bonchev–Trinajstić information content (AvgIpc) is 3.11. The molecule has 1 saturated heterocycles. The summed E-state index contributed by atoms with van der Waals surface area (Å²) in [6.45, 7) is 4.82. The molecule has 2 aliphatic rings. The fraction of sp³-hybridized carbons (Fsp3) is 0.500. The molecule has 2 aliphatic heterocycles. The Morgan fingerprint density at radius 2 is 2.12 bits per heavy atom. The standard InChI is InChI=1S/C18H23N5O/c1-13-4-5-17-14(11-13)3-2-10-22(17)18(24)16-12-23(21-20-16)15-6-8-19-9-7-15/h4-5,11-12,15,19H,2-3,6-10H2,1H3. The quantitative estimate of drug-likeness (QED) is 0.918. The van der Waals surface area contributed by atoms with Crippen molar-refractivity contribution in [3.05, 3.63) is 41.2 Å². The fourth-order valence-corrected chi connectivity index (χ4v) is 3.70. The number of aryl methyl sites for hydroxylation is 2. The molecule has 6 nitrogen and oxygen atoms in total. The van der Waals surface area contributed by atoms with Gasteiger partial charge in [-0.15, -0.1) is 5.10 Å². The molecular formula is C18H23N5O. The van der Waals surface area contributed by atoms with E-state index < -0.39 is 0 Å². The number of anilines is 1. The summed E-state index contributed by atoms with van der Waals surface area (Å²) in [6, 6.07) is 6.65. The normalized spacial score (nSPS) is 18.5. The highest BCUT2D eigenvalue weighted by Gasteiger charge is 2.26. The number of carbonyl (C=O) groups excluding carboxylic acids is 1. The van der Waals surface area contributed by atoms with Crippen molar-refractivity contribution in [3.63, 3.8) is 0 Å². The van der Waals surface area contributed by atoms with Gasteiger partial charge in [-0.05, 0) is 57.3 Å². The maximum atomic E-state index is 12.9. The van der Waals surface area contributed by atoms with Crippen LogP contribution in [0.4, 0.5) is 5.69 Å². The van der Waals surface area contributed by atoms with Crippen molar-refractivity contribution < 1.29 is 4.79 Å². The van der Waals surface area contributed by atoms with Crippen LogP contribution in [0, 0.1) is 6.92 Å². The van der Waals surface area contributed by atoms with E-state index >= 15 is 0 Å². The first-order chi connectivity index (χ1) is 11.7. The smallest absolute Gasteiger partial charge is 0.280 e. The van der Waals surface area contributed by atoms with Crippen molar-refractivity contribution in [2.75, 3.05) is 24.5 Å². The lowest BCUT2D eigenvalue weighted by atomic mass is 9.99. The van der Waals surface area contributed by atoms with Crippen LogP contribution >= 0.6 is 0 Å². The van der Waals surface area contributed by atoms with Crippen LogP contribution in [0.1, 0.15) is 46.9 Å². The average molecular weight is 325 g/mol. The molecule has 0 unspecified atom stereocenters. The van der Waals surface area contributed by atoms with Crippen LogP contribution < -0.4 is 10.2 Å². The van der Waals surface area contributed by atoms with Gasteiger partial charge in [0, 0.05) is 12.2 Å². The molecular weight excluding hydrogens is 302 g/mol. The lowest BCUT2D eigenvalue weighted by Crippen LogP contribution is -2.35. The van der Waals surface area contributed by atoms with E-state index in [1.807, 2.05) is 15.8 Å². The Labute approximate surface area is 141 Å². The Morgan fingerprint density at radius 1 is 1.29 bits per heavy atom. The molecule has 0 atom stereocenters. The lowest BCUT2D eigenvalue weighted by Gasteiger charge is -2.29. The van der Waals surface area contributed by atoms with Crippen LogP contribution in [-0.2, 0) is 6.42 Å². The molecule has 0 aliphatic carbocycles. The van der Waals surface area contributed by atoms with Gasteiger partial charge in [-0.1, -0.05) is 22.9 Å². The van der Waals surface area contributed by atoms with Crippen molar-refractivity contribution in [3.8, 4) is 0 Å². The molecule has 1 amide bonds. The number of fused-ring (bicyclic) bond motifs is 1. The number of nitrogens with zero attached hydrogens (tertiary/aromatic N) is 4. The third kappa shape index (κ3) is 2.82. The number of amides is 1. The van der Waals surface area contributed by atoms with E-state index in [4.69, 9.17) is 0 Å². The molecule has 6 heteroatoms. The first-order valence-corrected chi connectivity index (χ1v) is 8.76. The van der Waals surface area contributed by atoms with Crippen LogP contribution in [0.3, 0.4) is 0 Å². The molecule has 4 rings (SSSR count). The lowest BCUT2D eigenvalue weighted by molar-refractivity contribution is 0.0980. The van der Waals surface area contributed by atoms with E-state index in [0.29, 0.717) is 11.7 Å². The van der Waals surface area contributed by atoms with Crippen molar-refractivity contribution in [1.29, 1.82) is 0 Å². The van der Waals surface area contributed by atoms with Crippen molar-refractivity contribution >= 4 is 11.6 Å². The minimum Gasteiger partial charge on any atom is -0.317 e. The topological polar surface area (TPSA) is 63.1 Å². The number of piperidine rings is 1. The molecule has 1 aromatic carbocycles. The highest BCUT2D eigenvalue weighted by atomic mass is 16.2. The minimum absolute atomic E-state index is 0.0417. The van der Waals surface area contributed by atoms with Gasteiger partial charge in [0.25, 0.3) is 5.91 Å². The number of hydrogen-bond acceptors (Lipinski definition) is 4. The molecule has 126 valence electrons. The molecule has 2 aromatic rings. The van der Waals surface area contributed by atoms with E-state index in [9.17, 15) is 4.79 Å². The number of nitrogens with one attached hydrogen (secondary N) is 1. The van der Waals surface area contributed by atoms with E-state index in [1.54, 1.807) is 0 Å². The largest absolute Gasteiger partial charge is 0.317 e. The summed E-state index contributed by atoms with van der Waals surface area (Å²) in [5.41, 5.74) is 3.95. The third-order valence-corrected chi connectivity index (χ3v) is 5.01. The second-order valence-electron chi connectivity index (χ2n) is 6.76. The molecule has 0 bridgehead atoms. The monoisotopic (exact) mass is 325 g/mol. The summed E-state index contributed by atoms with van der Waals surface area (Å²) >= 11 is 0. The van der Waals surface area contributed by atoms with Crippen LogP contribution in [0.5, 0.6) is 0 Å². The second kappa shape index (κ2) is 6.36. The van der Waals surface area contributed by atoms with Gasteiger partial charge in [-0.25, -0.2) is 4.68 Å². The Bertz CT molecular complexity index is 748. The zero-order valence-electron chi connectivity index (χ0n) is 14.0. The molecule has 0 spiro atoms. The Kier molecular flexibility index (Phi) is 4.06. The van der Waals surface area contributed by atoms with Crippen LogP contribution in [0.2, 0.25) is 0 Å². The summed E-state index contributed by atoms with van der Waals surface area (Å²) in [7, 11) is 0. The van der Waals surface area contributed by atoms with Gasteiger partial charge >= 0.3 is 0 Å². The van der Waals surface area contributed by atoms with Crippen molar-refractivity contribution in [1.82, 2.24) is 20.3 Å². The van der Waals surface area contributed by atoms with Gasteiger partial charge in [0.15, 0.2) is 5.69 Å². The Hall–Kier alpha value is -2.21.